The van der Waals surface area contributed by atoms with Crippen LogP contribution < -0.4 is 18.1 Å². The Morgan fingerprint density at radius 1 is 0.518 bits per heavy atom. The van der Waals surface area contributed by atoms with Crippen LogP contribution in [0.15, 0.2) is 91.0 Å². The minimum absolute atomic E-state index is 0.0420. The minimum atomic E-state index is -1.76. The van der Waals surface area contributed by atoms with E-state index in [-0.39, 0.29) is 22.2 Å². The highest BCUT2D eigenvalue weighted by atomic mass is 31.2. The molecule has 0 aliphatic carbocycles. The quantitative estimate of drug-likeness (QED) is 0.0996. The number of benzene rings is 4. The third-order valence-corrected chi connectivity index (χ3v) is 10.8. The maximum atomic E-state index is 9.40. The number of aryl methyl sites for hydroxylation is 4. The van der Waals surface area contributed by atoms with E-state index in [1.54, 1.807) is 6.07 Å². The van der Waals surface area contributed by atoms with Crippen LogP contribution in [0.1, 0.15) is 135 Å². The van der Waals surface area contributed by atoms with Crippen molar-refractivity contribution in [1.29, 1.82) is 0 Å². The van der Waals surface area contributed by atoms with Gasteiger partial charge >= 0.3 is 8.60 Å². The van der Waals surface area contributed by atoms with Crippen LogP contribution in [0.25, 0.3) is 0 Å². The van der Waals surface area contributed by atoms with E-state index in [1.807, 2.05) is 38.1 Å². The normalized spacial score (nSPS) is 11.3. The van der Waals surface area contributed by atoms with Crippen molar-refractivity contribution in [2.75, 3.05) is 0 Å². The van der Waals surface area contributed by atoms with Gasteiger partial charge in [-0.2, -0.15) is 0 Å². The maximum absolute atomic E-state index is 9.40. The van der Waals surface area contributed by atoms with E-state index < -0.39 is 8.60 Å². The number of pyridine rings is 1. The monoisotopic (exact) mass is 797 g/mol. The first-order chi connectivity index (χ1) is 26.6. The molecular weight excluding hydrogens is 736 g/mol. The van der Waals surface area contributed by atoms with E-state index in [0.717, 1.165) is 45.3 Å². The lowest BCUT2D eigenvalue weighted by molar-refractivity contribution is 0.249. The fourth-order valence-electron chi connectivity index (χ4n) is 5.97. The standard InChI is InChI=1S/C27H34NO4P.C20H27O2P/c1-18(2)24-12-10-20(5)14-26(24)31-33(30-17-23-9-7-8-22(16-29)28-23)32-27-15-21(6)11-13-25(27)19(3)4;1-13(2)17-9-7-15(5)11-19(17)21-23-22-20-12-16(6)8-10-18(20)14(3)4/h7-15,18-19,29H,16-17H2,1-6H3;7-14,23H,1-6H3. The zero-order valence-electron chi connectivity index (χ0n) is 35.3. The van der Waals surface area contributed by atoms with Gasteiger partial charge in [-0.1, -0.05) is 110 Å². The molecule has 0 fully saturated rings. The molecule has 7 nitrogen and oxygen atoms in total. The predicted octanol–water partition coefficient (Wildman–Crippen LogP) is 13.9. The second kappa shape index (κ2) is 21.5. The Bertz CT molecular complexity index is 1890. The first-order valence-corrected chi connectivity index (χ1v) is 21.4. The molecule has 5 aromatic rings. The molecule has 0 spiro atoms. The number of hydrogen-bond acceptors (Lipinski definition) is 7. The Labute approximate surface area is 339 Å². The minimum Gasteiger partial charge on any atom is -0.440 e. The number of aliphatic hydroxyl groups excluding tert-OH is 1. The average molecular weight is 798 g/mol. The van der Waals surface area contributed by atoms with E-state index in [2.05, 4.69) is 135 Å². The lowest BCUT2D eigenvalue weighted by atomic mass is 10.0. The first kappa shape index (κ1) is 44.7. The lowest BCUT2D eigenvalue weighted by Crippen LogP contribution is -2.06. The SMILES string of the molecule is Cc1ccc(C(C)C)c(OP(OCc2cccc(CO)n2)Oc2cc(C)ccc2C(C)C)c1.Cc1ccc(C(C)C)c(OPOc2cc(C)ccc2C(C)C)c1. The largest absolute Gasteiger partial charge is 0.463 e. The van der Waals surface area contributed by atoms with E-state index in [4.69, 9.17) is 22.6 Å². The fraction of sp³-hybridized carbons (Fsp3) is 0.383. The molecule has 0 aliphatic rings. The van der Waals surface area contributed by atoms with Crippen LogP contribution in [-0.2, 0) is 17.7 Å². The van der Waals surface area contributed by atoms with Gasteiger partial charge in [0.05, 0.1) is 24.6 Å². The van der Waals surface area contributed by atoms with Crippen molar-refractivity contribution >= 4 is 17.6 Å². The van der Waals surface area contributed by atoms with Crippen molar-refractivity contribution in [3.63, 3.8) is 0 Å². The van der Waals surface area contributed by atoms with Crippen LogP contribution in [-0.4, -0.2) is 10.1 Å². The molecule has 0 atom stereocenters. The molecule has 0 aliphatic heterocycles. The third-order valence-electron chi connectivity index (χ3n) is 9.16. The Hall–Kier alpha value is -3.99. The Kier molecular flexibility index (Phi) is 17.2. The second-order valence-corrected chi connectivity index (χ2v) is 17.2. The summed E-state index contributed by atoms with van der Waals surface area (Å²) in [5, 5.41) is 9.40. The molecule has 0 amide bonds. The molecular formula is C47H61NO6P2. The highest BCUT2D eigenvalue weighted by molar-refractivity contribution is 7.42. The Balaban J connectivity index is 0.000000265. The van der Waals surface area contributed by atoms with Crippen LogP contribution in [0.4, 0.5) is 0 Å². The van der Waals surface area contributed by atoms with Crippen LogP contribution in [0.2, 0.25) is 0 Å². The van der Waals surface area contributed by atoms with E-state index in [1.165, 1.54) is 22.3 Å². The topological polar surface area (TPSA) is 79.3 Å². The van der Waals surface area contributed by atoms with E-state index >= 15 is 0 Å². The van der Waals surface area contributed by atoms with E-state index in [9.17, 15) is 5.11 Å². The molecule has 0 unspecified atom stereocenters. The predicted molar refractivity (Wildman–Crippen MR) is 234 cm³/mol. The molecule has 56 heavy (non-hydrogen) atoms. The van der Waals surface area contributed by atoms with E-state index in [0.29, 0.717) is 35.1 Å². The van der Waals surface area contributed by atoms with Gasteiger partial charge in [0.15, 0.2) is 0 Å². The number of aliphatic hydroxyl groups is 1. The van der Waals surface area contributed by atoms with Gasteiger partial charge in [0.25, 0.3) is 9.03 Å². The smallest absolute Gasteiger partial charge is 0.440 e. The molecule has 0 bridgehead atoms. The molecule has 0 saturated carbocycles. The highest BCUT2D eigenvalue weighted by Crippen LogP contribution is 2.46. The number of rotatable bonds is 16. The van der Waals surface area contributed by atoms with Gasteiger partial charge in [-0.05, 0) is 132 Å². The average Bonchev–Trinajstić information content (AvgIpc) is 3.14. The van der Waals surface area contributed by atoms with Gasteiger partial charge in [-0.3, -0.25) is 9.51 Å². The van der Waals surface area contributed by atoms with Gasteiger partial charge in [0, 0.05) is 0 Å². The molecule has 1 heterocycles. The van der Waals surface area contributed by atoms with Gasteiger partial charge < -0.3 is 23.2 Å². The first-order valence-electron chi connectivity index (χ1n) is 19.5. The Morgan fingerprint density at radius 3 is 1.25 bits per heavy atom. The zero-order valence-corrected chi connectivity index (χ0v) is 37.2. The number of hydrogen-bond donors (Lipinski definition) is 1. The van der Waals surface area contributed by atoms with Crippen molar-refractivity contribution in [3.05, 3.63) is 147 Å². The summed E-state index contributed by atoms with van der Waals surface area (Å²) in [6, 6.07) is 30.7. The Morgan fingerprint density at radius 2 is 0.875 bits per heavy atom. The fourth-order valence-corrected chi connectivity index (χ4v) is 7.56. The van der Waals surface area contributed by atoms with Crippen LogP contribution in [0.3, 0.4) is 0 Å². The van der Waals surface area contributed by atoms with Crippen LogP contribution >= 0.6 is 17.6 Å². The summed E-state index contributed by atoms with van der Waals surface area (Å²) in [6.45, 7) is 25.6. The molecule has 4 aromatic carbocycles. The summed E-state index contributed by atoms with van der Waals surface area (Å²) in [5.74, 6) is 4.85. The molecule has 300 valence electrons. The molecule has 1 N–H and O–H groups in total. The number of nitrogens with zero attached hydrogens (tertiary/aromatic N) is 1. The van der Waals surface area contributed by atoms with Crippen molar-refractivity contribution in [1.82, 2.24) is 4.98 Å². The summed E-state index contributed by atoms with van der Waals surface area (Å²) in [4.78, 5) is 4.42. The number of aromatic nitrogens is 1. The van der Waals surface area contributed by atoms with Crippen LogP contribution in [0, 0.1) is 27.7 Å². The molecule has 5 rings (SSSR count). The maximum Gasteiger partial charge on any atom is 0.463 e. The van der Waals surface area contributed by atoms with Crippen molar-refractivity contribution in [2.45, 2.75) is 120 Å². The van der Waals surface area contributed by atoms with Gasteiger partial charge in [0.2, 0.25) is 0 Å². The second-order valence-electron chi connectivity index (χ2n) is 15.5. The van der Waals surface area contributed by atoms with Crippen molar-refractivity contribution in [3.8, 4) is 23.0 Å². The van der Waals surface area contributed by atoms with Gasteiger partial charge in [0.1, 0.15) is 23.0 Å². The third kappa shape index (κ3) is 13.3. The van der Waals surface area contributed by atoms with Crippen LogP contribution in [0.5, 0.6) is 23.0 Å². The molecule has 0 saturated heterocycles. The zero-order chi connectivity index (χ0) is 40.9. The van der Waals surface area contributed by atoms with Gasteiger partial charge in [-0.15, -0.1) is 0 Å². The summed E-state index contributed by atoms with van der Waals surface area (Å²) in [5.41, 5.74) is 10.6. The van der Waals surface area contributed by atoms with Crippen molar-refractivity contribution in [2.24, 2.45) is 0 Å². The highest BCUT2D eigenvalue weighted by Gasteiger charge is 2.23. The molecule has 1 aromatic heterocycles. The van der Waals surface area contributed by atoms with Crippen molar-refractivity contribution < 1.29 is 27.7 Å². The molecule has 0 radical (unpaired) electrons. The summed E-state index contributed by atoms with van der Waals surface area (Å²) in [6.07, 6.45) is 0. The molecule has 9 heteroatoms. The summed E-state index contributed by atoms with van der Waals surface area (Å²) < 4.78 is 30.9. The van der Waals surface area contributed by atoms with Gasteiger partial charge in [-0.25, -0.2) is 0 Å². The lowest BCUT2D eigenvalue weighted by Gasteiger charge is -2.22. The summed E-state index contributed by atoms with van der Waals surface area (Å²) in [7, 11) is -1.80. The summed E-state index contributed by atoms with van der Waals surface area (Å²) >= 11 is 0.